The molecule has 2 rings (SSSR count). The Morgan fingerprint density at radius 2 is 2.38 bits per heavy atom. The zero-order chi connectivity index (χ0) is 15.2. The summed E-state index contributed by atoms with van der Waals surface area (Å²) in [5.41, 5.74) is 0.608. The fourth-order valence-corrected chi connectivity index (χ4v) is 2.88. The van der Waals surface area contributed by atoms with Gasteiger partial charge in [-0.1, -0.05) is 35.5 Å². The Bertz CT molecular complexity index is 604. The molecule has 0 aliphatic carbocycles. The molecule has 1 unspecified atom stereocenters. The van der Waals surface area contributed by atoms with E-state index in [1.807, 2.05) is 0 Å². The number of nitrogens with zero attached hydrogens (tertiary/aromatic N) is 1. The predicted octanol–water partition coefficient (Wildman–Crippen LogP) is 2.44. The van der Waals surface area contributed by atoms with Crippen LogP contribution in [0.4, 0.5) is 5.69 Å². The van der Waals surface area contributed by atoms with Gasteiger partial charge in [0, 0.05) is 17.1 Å². The van der Waals surface area contributed by atoms with Crippen molar-refractivity contribution >= 4 is 46.0 Å². The number of amides is 2. The van der Waals surface area contributed by atoms with Crippen LogP contribution < -0.4 is 10.6 Å². The second-order valence-electron chi connectivity index (χ2n) is 4.29. The Hall–Kier alpha value is -1.79. The van der Waals surface area contributed by atoms with Gasteiger partial charge in [-0.3, -0.25) is 14.6 Å². The van der Waals surface area contributed by atoms with Crippen LogP contribution in [0, 0.1) is 0 Å². The molecule has 5 nitrogen and oxygen atoms in total. The third-order valence-corrected chi connectivity index (χ3v) is 3.97. The van der Waals surface area contributed by atoms with E-state index in [1.54, 1.807) is 30.3 Å². The first-order valence-electron chi connectivity index (χ1n) is 6.27. The van der Waals surface area contributed by atoms with Gasteiger partial charge in [-0.05, 0) is 18.2 Å². The maximum Gasteiger partial charge on any atom is 0.240 e. The molecular weight excluding hydrogens is 310 g/mol. The molecule has 2 amide bonds. The largest absolute Gasteiger partial charge is 0.326 e. The molecule has 110 valence electrons. The van der Waals surface area contributed by atoms with Crippen molar-refractivity contribution in [2.75, 3.05) is 11.9 Å². The van der Waals surface area contributed by atoms with E-state index in [0.29, 0.717) is 22.4 Å². The molecule has 1 aromatic rings. The highest BCUT2D eigenvalue weighted by molar-refractivity contribution is 8.15. The highest BCUT2D eigenvalue weighted by Crippen LogP contribution is 2.23. The van der Waals surface area contributed by atoms with Crippen molar-refractivity contribution in [3.63, 3.8) is 0 Å². The zero-order valence-electron chi connectivity index (χ0n) is 11.1. The van der Waals surface area contributed by atoms with Crippen molar-refractivity contribution in [1.29, 1.82) is 0 Å². The van der Waals surface area contributed by atoms with Crippen molar-refractivity contribution in [3.05, 3.63) is 41.9 Å². The number of hydrogen-bond donors (Lipinski definition) is 2. The standard InChI is InChI=1S/C14H14ClN3O2S/c1-2-6-16-14-18-13(20)11(21-14)8-12(19)17-10-5-3-4-9(15)7-10/h2-5,7,11H,1,6,8H2,(H,17,19)(H,16,18,20). The topological polar surface area (TPSA) is 70.6 Å². The van der Waals surface area contributed by atoms with E-state index in [9.17, 15) is 9.59 Å². The maximum absolute atomic E-state index is 11.9. The first-order valence-corrected chi connectivity index (χ1v) is 7.52. The monoisotopic (exact) mass is 323 g/mol. The molecule has 1 atom stereocenters. The summed E-state index contributed by atoms with van der Waals surface area (Å²) in [5, 5.41) is 5.96. The number of aliphatic imine (C=N–C) groups is 1. The third kappa shape index (κ3) is 4.61. The van der Waals surface area contributed by atoms with Crippen LogP contribution in [0.15, 0.2) is 41.9 Å². The Kier molecular flexibility index (Phi) is 5.41. The average molecular weight is 324 g/mol. The van der Waals surface area contributed by atoms with Gasteiger partial charge in [0.1, 0.15) is 5.25 Å². The van der Waals surface area contributed by atoms with E-state index < -0.39 is 5.25 Å². The minimum atomic E-state index is -0.465. The van der Waals surface area contributed by atoms with Crippen LogP contribution >= 0.6 is 23.4 Å². The van der Waals surface area contributed by atoms with Gasteiger partial charge in [0.25, 0.3) is 0 Å². The third-order valence-electron chi connectivity index (χ3n) is 2.62. The van der Waals surface area contributed by atoms with Crippen LogP contribution in [-0.2, 0) is 9.59 Å². The van der Waals surface area contributed by atoms with Crippen LogP contribution in [-0.4, -0.2) is 28.8 Å². The predicted molar refractivity (Wildman–Crippen MR) is 86.7 cm³/mol. The second kappa shape index (κ2) is 7.28. The number of thioether (sulfide) groups is 1. The van der Waals surface area contributed by atoms with Crippen molar-refractivity contribution in [3.8, 4) is 0 Å². The molecule has 0 bridgehead atoms. The number of nitrogens with one attached hydrogen (secondary N) is 2. The van der Waals surface area contributed by atoms with Crippen LogP contribution in [0.25, 0.3) is 0 Å². The number of rotatable bonds is 5. The molecule has 2 N–H and O–H groups in total. The smallest absolute Gasteiger partial charge is 0.240 e. The first-order chi connectivity index (χ1) is 10.1. The molecule has 1 heterocycles. The summed E-state index contributed by atoms with van der Waals surface area (Å²) in [6.45, 7) is 3.99. The van der Waals surface area contributed by atoms with E-state index in [2.05, 4.69) is 22.2 Å². The molecule has 0 spiro atoms. The Morgan fingerprint density at radius 1 is 1.57 bits per heavy atom. The van der Waals surface area contributed by atoms with Gasteiger partial charge in [0.2, 0.25) is 11.8 Å². The van der Waals surface area contributed by atoms with Gasteiger partial charge in [0.15, 0.2) is 5.17 Å². The van der Waals surface area contributed by atoms with Crippen molar-refractivity contribution < 1.29 is 9.59 Å². The van der Waals surface area contributed by atoms with Crippen molar-refractivity contribution in [2.45, 2.75) is 11.7 Å². The van der Waals surface area contributed by atoms with E-state index >= 15 is 0 Å². The number of anilines is 1. The van der Waals surface area contributed by atoms with Gasteiger partial charge in [-0.2, -0.15) is 0 Å². The van der Waals surface area contributed by atoms with Gasteiger partial charge in [-0.15, -0.1) is 6.58 Å². The lowest BCUT2D eigenvalue weighted by molar-refractivity contribution is -0.122. The fourth-order valence-electron chi connectivity index (χ4n) is 1.71. The summed E-state index contributed by atoms with van der Waals surface area (Å²) in [6.07, 6.45) is 1.72. The fraction of sp³-hybridized carbons (Fsp3) is 0.214. The average Bonchev–Trinajstić information content (AvgIpc) is 2.77. The number of hydrogen-bond acceptors (Lipinski definition) is 4. The Balaban J connectivity index is 1.91. The summed E-state index contributed by atoms with van der Waals surface area (Å²) in [6, 6.07) is 6.86. The van der Waals surface area contributed by atoms with Crippen LogP contribution in [0.5, 0.6) is 0 Å². The Morgan fingerprint density at radius 3 is 3.10 bits per heavy atom. The maximum atomic E-state index is 11.9. The van der Waals surface area contributed by atoms with E-state index in [0.717, 1.165) is 0 Å². The summed E-state index contributed by atoms with van der Waals surface area (Å²) < 4.78 is 0. The lowest BCUT2D eigenvalue weighted by atomic mass is 10.2. The molecule has 0 radical (unpaired) electrons. The number of halogens is 1. The summed E-state index contributed by atoms with van der Waals surface area (Å²) >= 11 is 7.10. The summed E-state index contributed by atoms with van der Waals surface area (Å²) in [4.78, 5) is 27.8. The highest BCUT2D eigenvalue weighted by atomic mass is 35.5. The lowest BCUT2D eigenvalue weighted by Crippen LogP contribution is -2.28. The molecular formula is C14H14ClN3O2S. The van der Waals surface area contributed by atoms with Crippen molar-refractivity contribution in [1.82, 2.24) is 5.32 Å². The number of carbonyl (C=O) groups excluding carboxylic acids is 2. The normalized spacial score (nSPS) is 19.4. The molecule has 1 aliphatic rings. The Labute approximate surface area is 131 Å². The van der Waals surface area contributed by atoms with Gasteiger partial charge >= 0.3 is 0 Å². The van der Waals surface area contributed by atoms with E-state index in [1.165, 1.54) is 11.8 Å². The van der Waals surface area contributed by atoms with Crippen LogP contribution in [0.3, 0.4) is 0 Å². The SMILES string of the molecule is C=CCN=C1NC(=O)C(CC(=O)Nc2cccc(Cl)c2)S1. The molecule has 0 aromatic heterocycles. The zero-order valence-corrected chi connectivity index (χ0v) is 12.7. The van der Waals surface area contributed by atoms with Gasteiger partial charge < -0.3 is 10.6 Å². The van der Waals surface area contributed by atoms with Crippen molar-refractivity contribution in [2.24, 2.45) is 4.99 Å². The molecule has 21 heavy (non-hydrogen) atoms. The summed E-state index contributed by atoms with van der Waals surface area (Å²) in [5.74, 6) is -0.445. The van der Waals surface area contributed by atoms with Crippen LogP contribution in [0.2, 0.25) is 5.02 Å². The minimum absolute atomic E-state index is 0.0795. The van der Waals surface area contributed by atoms with Gasteiger partial charge in [0.05, 0.1) is 6.54 Å². The number of benzene rings is 1. The van der Waals surface area contributed by atoms with E-state index in [4.69, 9.17) is 11.6 Å². The number of amidine groups is 1. The first kappa shape index (κ1) is 15.6. The quantitative estimate of drug-likeness (QED) is 0.818. The molecule has 7 heteroatoms. The highest BCUT2D eigenvalue weighted by Gasteiger charge is 2.31. The molecule has 0 saturated carbocycles. The molecule has 1 fully saturated rings. The molecule has 1 saturated heterocycles. The molecule has 1 aliphatic heterocycles. The summed E-state index contributed by atoms with van der Waals surface area (Å²) in [7, 11) is 0. The van der Waals surface area contributed by atoms with Crippen LogP contribution in [0.1, 0.15) is 6.42 Å². The minimum Gasteiger partial charge on any atom is -0.326 e. The number of carbonyl (C=O) groups is 2. The lowest BCUT2D eigenvalue weighted by Gasteiger charge is -2.07. The van der Waals surface area contributed by atoms with E-state index in [-0.39, 0.29) is 18.2 Å². The second-order valence-corrected chi connectivity index (χ2v) is 5.92. The van der Waals surface area contributed by atoms with Gasteiger partial charge in [-0.25, -0.2) is 0 Å². The molecule has 1 aromatic carbocycles.